The molecule has 0 saturated carbocycles. The smallest absolute Gasteiger partial charge is 0.336 e. The number of Topliss-reactive ketones (excluding diaryl/α,β-unsaturated/α-hetero) is 1. The summed E-state index contributed by atoms with van der Waals surface area (Å²) >= 11 is 0. The number of benzene rings is 4. The van der Waals surface area contributed by atoms with Crippen LogP contribution in [-0.2, 0) is 7.05 Å². The van der Waals surface area contributed by atoms with Crippen LogP contribution in [0.25, 0.3) is 33.5 Å². The number of carbonyl (C=O) groups excluding carboxylic acids is 1. The minimum absolute atomic E-state index is 0.0493. The molecule has 0 aliphatic heterocycles. The Morgan fingerprint density at radius 3 is 2.36 bits per heavy atom. The molecule has 1 atom stereocenters. The van der Waals surface area contributed by atoms with E-state index in [9.17, 15) is 14.7 Å². The van der Waals surface area contributed by atoms with Gasteiger partial charge in [-0.3, -0.25) is 4.79 Å². The molecule has 5 nitrogen and oxygen atoms in total. The minimum Gasteiger partial charge on any atom is -0.478 e. The lowest BCUT2D eigenvalue weighted by molar-refractivity contribution is 0.0697. The highest BCUT2D eigenvalue weighted by Crippen LogP contribution is 2.38. The van der Waals surface area contributed by atoms with Crippen molar-refractivity contribution in [2.45, 2.75) is 39.0 Å². The molecule has 0 unspecified atom stereocenters. The van der Waals surface area contributed by atoms with E-state index in [2.05, 4.69) is 19.1 Å². The molecule has 5 aromatic rings. The van der Waals surface area contributed by atoms with Gasteiger partial charge in [0, 0.05) is 24.6 Å². The van der Waals surface area contributed by atoms with Gasteiger partial charge in [0.15, 0.2) is 5.78 Å². The number of aryl methyl sites for hydroxylation is 2. The summed E-state index contributed by atoms with van der Waals surface area (Å²) in [6.07, 6.45) is 2.19. The van der Waals surface area contributed by atoms with Crippen LogP contribution in [0.4, 0.5) is 0 Å². The summed E-state index contributed by atoms with van der Waals surface area (Å²) in [6.45, 7) is 4.09. The zero-order valence-electron chi connectivity index (χ0n) is 22.5. The Morgan fingerprint density at radius 2 is 1.64 bits per heavy atom. The van der Waals surface area contributed by atoms with Crippen molar-refractivity contribution in [2.24, 2.45) is 7.05 Å². The summed E-state index contributed by atoms with van der Waals surface area (Å²) in [6, 6.07) is 29.0. The molecule has 0 bridgehead atoms. The van der Waals surface area contributed by atoms with Crippen LogP contribution in [-0.4, -0.2) is 26.4 Å². The molecule has 5 heteroatoms. The number of nitrogens with zero attached hydrogens (tertiary/aromatic N) is 2. The molecule has 0 radical (unpaired) electrons. The van der Waals surface area contributed by atoms with Crippen LogP contribution < -0.4 is 0 Å². The zero-order valence-corrected chi connectivity index (χ0v) is 22.5. The molecular formula is C34H32N2O3. The number of aromatic nitrogens is 2. The van der Waals surface area contributed by atoms with Crippen molar-refractivity contribution >= 4 is 22.8 Å². The summed E-state index contributed by atoms with van der Waals surface area (Å²) in [5, 5.41) is 10.3. The molecule has 0 spiro atoms. The predicted octanol–water partition coefficient (Wildman–Crippen LogP) is 8.07. The fraction of sp³-hybridized carbons (Fsp3) is 0.206. The number of fused-ring (bicyclic) bond motifs is 1. The number of carbonyl (C=O) groups is 2. The summed E-state index contributed by atoms with van der Waals surface area (Å²) in [7, 11) is 1.97. The number of aromatic carboxylic acids is 1. The molecule has 0 fully saturated rings. The van der Waals surface area contributed by atoms with Crippen LogP contribution in [0.5, 0.6) is 0 Å². The van der Waals surface area contributed by atoms with Crippen molar-refractivity contribution in [3.63, 3.8) is 0 Å². The zero-order chi connectivity index (χ0) is 27.5. The van der Waals surface area contributed by atoms with E-state index in [1.165, 1.54) is 0 Å². The van der Waals surface area contributed by atoms with Gasteiger partial charge in [0.1, 0.15) is 5.82 Å². The SMILES string of the molecule is CCC[C@@H](CC(=O)c1ccc(-c2c(C)cccc2-c2nc3ccccc3n2C)c(C(=O)O)c1)c1ccccc1. The van der Waals surface area contributed by atoms with Crippen molar-refractivity contribution in [1.82, 2.24) is 9.55 Å². The molecule has 196 valence electrons. The molecule has 0 aliphatic rings. The van der Waals surface area contributed by atoms with Crippen LogP contribution in [0.3, 0.4) is 0 Å². The van der Waals surface area contributed by atoms with Gasteiger partial charge in [0.05, 0.1) is 16.6 Å². The Hall–Kier alpha value is -4.51. The first-order valence-electron chi connectivity index (χ1n) is 13.4. The van der Waals surface area contributed by atoms with E-state index >= 15 is 0 Å². The van der Waals surface area contributed by atoms with Crippen LogP contribution in [0.2, 0.25) is 0 Å². The van der Waals surface area contributed by atoms with Crippen molar-refractivity contribution in [1.29, 1.82) is 0 Å². The molecule has 0 amide bonds. The maximum Gasteiger partial charge on any atom is 0.336 e. The fourth-order valence-corrected chi connectivity index (χ4v) is 5.51. The van der Waals surface area contributed by atoms with Crippen molar-refractivity contribution < 1.29 is 14.7 Å². The minimum atomic E-state index is -1.06. The van der Waals surface area contributed by atoms with Gasteiger partial charge in [-0.1, -0.05) is 86.1 Å². The van der Waals surface area contributed by atoms with E-state index in [1.54, 1.807) is 18.2 Å². The molecule has 5 rings (SSSR count). The van der Waals surface area contributed by atoms with E-state index in [0.29, 0.717) is 17.5 Å². The van der Waals surface area contributed by atoms with E-state index in [0.717, 1.165) is 52.0 Å². The highest BCUT2D eigenvalue weighted by molar-refractivity contribution is 6.04. The number of carboxylic acid groups (broad SMARTS) is 1. The standard InChI is InChI=1S/C34H32N2O3/c1-4-11-24(23-13-6-5-7-14-23)21-31(37)25-18-19-26(28(20-25)34(38)39)32-22(2)12-10-15-27(32)33-35-29-16-8-9-17-30(29)36(33)3/h5-10,12-20,24H,4,11,21H2,1-3H3,(H,38,39)/t24-/m0/s1. The first kappa shape index (κ1) is 26.1. The lowest BCUT2D eigenvalue weighted by Gasteiger charge is -2.18. The first-order valence-corrected chi connectivity index (χ1v) is 13.4. The molecular weight excluding hydrogens is 484 g/mol. The molecule has 39 heavy (non-hydrogen) atoms. The van der Waals surface area contributed by atoms with Gasteiger partial charge in [-0.25, -0.2) is 9.78 Å². The Labute approximate surface area is 228 Å². The van der Waals surface area contributed by atoms with Crippen molar-refractivity contribution in [2.75, 3.05) is 0 Å². The summed E-state index contributed by atoms with van der Waals surface area (Å²) in [5.74, 6) is -0.257. The third-order valence-electron chi connectivity index (χ3n) is 7.48. The van der Waals surface area contributed by atoms with Gasteiger partial charge in [0.25, 0.3) is 0 Å². The van der Waals surface area contributed by atoms with Gasteiger partial charge in [-0.05, 0) is 59.7 Å². The number of hydrogen-bond donors (Lipinski definition) is 1. The number of para-hydroxylation sites is 2. The Balaban J connectivity index is 1.57. The largest absolute Gasteiger partial charge is 0.478 e. The highest BCUT2D eigenvalue weighted by atomic mass is 16.4. The molecule has 1 heterocycles. The van der Waals surface area contributed by atoms with Crippen LogP contribution in [0.15, 0.2) is 91.0 Å². The lowest BCUT2D eigenvalue weighted by atomic mass is 9.86. The number of hydrogen-bond acceptors (Lipinski definition) is 3. The normalized spacial score (nSPS) is 12.0. The van der Waals surface area contributed by atoms with Gasteiger partial charge >= 0.3 is 5.97 Å². The quantitative estimate of drug-likeness (QED) is 0.201. The second-order valence-electron chi connectivity index (χ2n) is 10.1. The van der Waals surface area contributed by atoms with E-state index in [-0.39, 0.29) is 17.3 Å². The second kappa shape index (κ2) is 11.1. The van der Waals surface area contributed by atoms with E-state index in [4.69, 9.17) is 4.98 Å². The highest BCUT2D eigenvalue weighted by Gasteiger charge is 2.23. The third-order valence-corrected chi connectivity index (χ3v) is 7.48. The van der Waals surface area contributed by atoms with Crippen LogP contribution in [0.1, 0.15) is 63.9 Å². The van der Waals surface area contributed by atoms with Crippen LogP contribution in [0, 0.1) is 6.92 Å². The lowest BCUT2D eigenvalue weighted by Crippen LogP contribution is -2.10. The number of carboxylic acids is 1. The number of rotatable bonds is 9. The van der Waals surface area contributed by atoms with Gasteiger partial charge in [-0.2, -0.15) is 0 Å². The van der Waals surface area contributed by atoms with Crippen molar-refractivity contribution in [3.8, 4) is 22.5 Å². The Morgan fingerprint density at radius 1 is 0.897 bits per heavy atom. The van der Waals surface area contributed by atoms with E-state index in [1.807, 2.05) is 79.2 Å². The molecule has 0 aliphatic carbocycles. The maximum absolute atomic E-state index is 13.4. The maximum atomic E-state index is 13.4. The number of imidazole rings is 1. The monoisotopic (exact) mass is 516 g/mol. The molecule has 4 aromatic carbocycles. The first-order chi connectivity index (χ1) is 18.9. The summed E-state index contributed by atoms with van der Waals surface area (Å²) < 4.78 is 2.03. The van der Waals surface area contributed by atoms with Crippen molar-refractivity contribution in [3.05, 3.63) is 113 Å². The van der Waals surface area contributed by atoms with Gasteiger partial charge in [0.2, 0.25) is 0 Å². The van der Waals surface area contributed by atoms with E-state index < -0.39 is 5.97 Å². The average molecular weight is 517 g/mol. The van der Waals surface area contributed by atoms with Gasteiger partial charge in [-0.15, -0.1) is 0 Å². The Bertz CT molecular complexity index is 1670. The molecule has 1 aromatic heterocycles. The van der Waals surface area contributed by atoms with Crippen LogP contribution >= 0.6 is 0 Å². The Kier molecular flexibility index (Phi) is 7.42. The summed E-state index contributed by atoms with van der Waals surface area (Å²) in [4.78, 5) is 30.8. The third kappa shape index (κ3) is 5.13. The fourth-order valence-electron chi connectivity index (χ4n) is 5.51. The molecule has 1 N–H and O–H groups in total. The topological polar surface area (TPSA) is 72.2 Å². The van der Waals surface area contributed by atoms with Gasteiger partial charge < -0.3 is 9.67 Å². The molecule has 0 saturated heterocycles. The second-order valence-corrected chi connectivity index (χ2v) is 10.1. The average Bonchev–Trinajstić information content (AvgIpc) is 3.29. The predicted molar refractivity (Wildman–Crippen MR) is 156 cm³/mol. The summed E-state index contributed by atoms with van der Waals surface area (Å²) in [5.41, 5.74) is 6.72. The number of ketones is 1.